The number of halogens is 1. The summed E-state index contributed by atoms with van der Waals surface area (Å²) in [6.07, 6.45) is 2.02. The summed E-state index contributed by atoms with van der Waals surface area (Å²) < 4.78 is 0.688. The van der Waals surface area contributed by atoms with Crippen molar-refractivity contribution in [3.63, 3.8) is 0 Å². The van der Waals surface area contributed by atoms with Crippen LogP contribution in [0.3, 0.4) is 0 Å². The number of carboxylic acids is 1. The summed E-state index contributed by atoms with van der Waals surface area (Å²) in [6, 6.07) is 4.73. The Labute approximate surface area is 124 Å². The fraction of sp³-hybridized carbons (Fsp3) is 0.462. The molecule has 0 spiro atoms. The fourth-order valence-electron chi connectivity index (χ4n) is 2.53. The molecule has 7 heteroatoms. The van der Waals surface area contributed by atoms with Crippen LogP contribution in [0, 0.1) is 10.1 Å². The highest BCUT2D eigenvalue weighted by Crippen LogP contribution is 2.28. The lowest BCUT2D eigenvalue weighted by molar-refractivity contribution is -0.384. The van der Waals surface area contributed by atoms with Crippen LogP contribution in [0.1, 0.15) is 24.8 Å². The van der Waals surface area contributed by atoms with E-state index in [2.05, 4.69) is 20.8 Å². The number of non-ortho nitro benzene ring substituents is 1. The Hall–Kier alpha value is -1.47. The Morgan fingerprint density at radius 1 is 1.55 bits per heavy atom. The molecule has 6 nitrogen and oxygen atoms in total. The van der Waals surface area contributed by atoms with Crippen molar-refractivity contribution in [3.8, 4) is 0 Å². The van der Waals surface area contributed by atoms with Gasteiger partial charge in [-0.1, -0.05) is 15.9 Å². The maximum atomic E-state index is 10.8. The zero-order valence-electron chi connectivity index (χ0n) is 10.8. The molecule has 1 atom stereocenters. The van der Waals surface area contributed by atoms with E-state index in [9.17, 15) is 14.9 Å². The van der Waals surface area contributed by atoms with Gasteiger partial charge < -0.3 is 5.11 Å². The van der Waals surface area contributed by atoms with Gasteiger partial charge >= 0.3 is 5.97 Å². The van der Waals surface area contributed by atoms with Crippen molar-refractivity contribution < 1.29 is 14.8 Å². The van der Waals surface area contributed by atoms with Gasteiger partial charge in [0.15, 0.2) is 0 Å². The Bertz CT molecular complexity index is 535. The van der Waals surface area contributed by atoms with E-state index in [0.717, 1.165) is 24.9 Å². The standard InChI is InChI=1S/C13H15BrN2O4/c14-12-6-11(16(19)20)4-3-9(12)8-15-5-1-2-10(15)7-13(17)18/h3-4,6,10H,1-2,5,7-8H2,(H,17,18). The van der Waals surface area contributed by atoms with E-state index in [1.807, 2.05) is 0 Å². The quantitative estimate of drug-likeness (QED) is 0.657. The first-order chi connectivity index (χ1) is 9.47. The molecule has 1 heterocycles. The van der Waals surface area contributed by atoms with Gasteiger partial charge in [-0.2, -0.15) is 0 Å². The molecule has 0 aromatic heterocycles. The molecule has 0 aliphatic carbocycles. The number of carbonyl (C=O) groups is 1. The minimum atomic E-state index is -0.787. The topological polar surface area (TPSA) is 83.7 Å². The molecule has 0 amide bonds. The average molecular weight is 343 g/mol. The van der Waals surface area contributed by atoms with E-state index in [1.54, 1.807) is 6.07 Å². The molecule has 0 saturated carbocycles. The minimum absolute atomic E-state index is 0.0455. The molecule has 1 aromatic carbocycles. The van der Waals surface area contributed by atoms with Crippen LogP contribution in [0.25, 0.3) is 0 Å². The summed E-state index contributed by atoms with van der Waals surface area (Å²) in [4.78, 5) is 23.2. The second-order valence-corrected chi connectivity index (χ2v) is 5.75. The number of rotatable bonds is 5. The summed E-state index contributed by atoms with van der Waals surface area (Å²) >= 11 is 3.35. The Morgan fingerprint density at radius 3 is 2.90 bits per heavy atom. The Kier molecular flexibility index (Phi) is 4.72. The zero-order chi connectivity index (χ0) is 14.7. The number of likely N-dealkylation sites (tertiary alicyclic amines) is 1. The lowest BCUT2D eigenvalue weighted by atomic mass is 10.1. The average Bonchev–Trinajstić information content (AvgIpc) is 2.78. The molecule has 20 heavy (non-hydrogen) atoms. The van der Waals surface area contributed by atoms with Crippen molar-refractivity contribution in [1.82, 2.24) is 4.90 Å². The molecular weight excluding hydrogens is 328 g/mol. The number of nitrogens with zero attached hydrogens (tertiary/aromatic N) is 2. The maximum absolute atomic E-state index is 10.8. The Balaban J connectivity index is 2.09. The van der Waals surface area contributed by atoms with Crippen molar-refractivity contribution in [1.29, 1.82) is 0 Å². The van der Waals surface area contributed by atoms with Gasteiger partial charge in [0.25, 0.3) is 5.69 Å². The molecule has 1 aliphatic rings. The van der Waals surface area contributed by atoms with Crippen LogP contribution in [0.5, 0.6) is 0 Å². The number of nitro benzene ring substituents is 1. The van der Waals surface area contributed by atoms with Gasteiger partial charge in [0.1, 0.15) is 0 Å². The van der Waals surface area contributed by atoms with Crippen LogP contribution in [0.4, 0.5) is 5.69 Å². The fourth-order valence-corrected chi connectivity index (χ4v) is 3.02. The van der Waals surface area contributed by atoms with E-state index in [4.69, 9.17) is 5.11 Å². The predicted molar refractivity (Wildman–Crippen MR) is 76.5 cm³/mol. The van der Waals surface area contributed by atoms with Crippen LogP contribution < -0.4 is 0 Å². The SMILES string of the molecule is O=C(O)CC1CCCN1Cc1ccc([N+](=O)[O-])cc1Br. The number of hydrogen-bond donors (Lipinski definition) is 1. The van der Waals surface area contributed by atoms with Crippen LogP contribution in [0.15, 0.2) is 22.7 Å². The number of hydrogen-bond acceptors (Lipinski definition) is 4. The number of aliphatic carboxylic acids is 1. The molecule has 0 bridgehead atoms. The van der Waals surface area contributed by atoms with Gasteiger partial charge in [-0.3, -0.25) is 19.8 Å². The normalized spacial score (nSPS) is 19.1. The van der Waals surface area contributed by atoms with E-state index < -0.39 is 10.9 Å². The summed E-state index contributed by atoms with van der Waals surface area (Å²) in [5.41, 5.74) is 0.983. The molecule has 1 aromatic rings. The first kappa shape index (κ1) is 14.9. The molecule has 108 valence electrons. The third-order valence-electron chi connectivity index (χ3n) is 3.53. The summed E-state index contributed by atoms with van der Waals surface area (Å²) in [6.45, 7) is 1.47. The number of carboxylic acid groups (broad SMARTS) is 1. The van der Waals surface area contributed by atoms with Crippen molar-refractivity contribution in [2.45, 2.75) is 31.8 Å². The van der Waals surface area contributed by atoms with Crippen molar-refractivity contribution in [2.24, 2.45) is 0 Å². The predicted octanol–water partition coefficient (Wildman–Crippen LogP) is 2.80. The minimum Gasteiger partial charge on any atom is -0.481 e. The summed E-state index contributed by atoms with van der Waals surface area (Å²) in [7, 11) is 0. The van der Waals surface area contributed by atoms with Crippen molar-refractivity contribution in [2.75, 3.05) is 6.54 Å². The molecule has 0 radical (unpaired) electrons. The molecule has 1 fully saturated rings. The van der Waals surface area contributed by atoms with Gasteiger partial charge in [0, 0.05) is 29.2 Å². The number of benzene rings is 1. The van der Waals surface area contributed by atoms with Gasteiger partial charge in [0.2, 0.25) is 0 Å². The summed E-state index contributed by atoms with van der Waals surface area (Å²) in [5, 5.41) is 19.6. The lowest BCUT2D eigenvalue weighted by Crippen LogP contribution is -2.30. The zero-order valence-corrected chi connectivity index (χ0v) is 12.4. The van der Waals surface area contributed by atoms with Crippen molar-refractivity contribution >= 4 is 27.6 Å². The monoisotopic (exact) mass is 342 g/mol. The molecule has 1 saturated heterocycles. The van der Waals surface area contributed by atoms with E-state index in [0.29, 0.717) is 11.0 Å². The van der Waals surface area contributed by atoms with E-state index in [1.165, 1.54) is 12.1 Å². The molecule has 2 rings (SSSR count). The van der Waals surface area contributed by atoms with E-state index >= 15 is 0 Å². The van der Waals surface area contributed by atoms with Gasteiger partial charge in [-0.05, 0) is 31.0 Å². The van der Waals surface area contributed by atoms with Crippen LogP contribution in [-0.4, -0.2) is 33.5 Å². The molecule has 1 aliphatic heterocycles. The second kappa shape index (κ2) is 6.32. The first-order valence-corrected chi connectivity index (χ1v) is 7.15. The lowest BCUT2D eigenvalue weighted by Gasteiger charge is -2.23. The highest BCUT2D eigenvalue weighted by molar-refractivity contribution is 9.10. The third kappa shape index (κ3) is 3.55. The van der Waals surface area contributed by atoms with Crippen molar-refractivity contribution in [3.05, 3.63) is 38.3 Å². The smallest absolute Gasteiger partial charge is 0.304 e. The highest BCUT2D eigenvalue weighted by Gasteiger charge is 2.27. The van der Waals surface area contributed by atoms with Gasteiger partial charge in [0.05, 0.1) is 11.3 Å². The van der Waals surface area contributed by atoms with Crippen LogP contribution in [0.2, 0.25) is 0 Å². The number of nitro groups is 1. The Morgan fingerprint density at radius 2 is 2.30 bits per heavy atom. The van der Waals surface area contributed by atoms with Crippen LogP contribution in [-0.2, 0) is 11.3 Å². The van der Waals surface area contributed by atoms with Crippen LogP contribution >= 0.6 is 15.9 Å². The molecule has 1 N–H and O–H groups in total. The summed E-state index contributed by atoms with van der Waals surface area (Å²) in [5.74, 6) is -0.787. The maximum Gasteiger partial charge on any atom is 0.304 e. The van der Waals surface area contributed by atoms with Gasteiger partial charge in [-0.15, -0.1) is 0 Å². The highest BCUT2D eigenvalue weighted by atomic mass is 79.9. The van der Waals surface area contributed by atoms with Gasteiger partial charge in [-0.25, -0.2) is 0 Å². The first-order valence-electron chi connectivity index (χ1n) is 6.36. The largest absolute Gasteiger partial charge is 0.481 e. The molecular formula is C13H15BrN2O4. The van der Waals surface area contributed by atoms with E-state index in [-0.39, 0.29) is 18.2 Å². The third-order valence-corrected chi connectivity index (χ3v) is 4.27. The second-order valence-electron chi connectivity index (χ2n) is 4.90. The molecule has 1 unspecified atom stereocenters.